The van der Waals surface area contributed by atoms with Gasteiger partial charge in [0.25, 0.3) is 0 Å². The van der Waals surface area contributed by atoms with Gasteiger partial charge in [-0.2, -0.15) is 0 Å². The monoisotopic (exact) mass is 352 g/mol. The average molecular weight is 352 g/mol. The lowest BCUT2D eigenvalue weighted by molar-refractivity contribution is -0.125. The third-order valence-corrected chi connectivity index (χ3v) is 4.65. The van der Waals surface area contributed by atoms with Crippen molar-refractivity contribution in [1.29, 1.82) is 0 Å². The van der Waals surface area contributed by atoms with Gasteiger partial charge >= 0.3 is 0 Å². The second-order valence-corrected chi connectivity index (χ2v) is 6.40. The highest BCUT2D eigenvalue weighted by molar-refractivity contribution is 5.97. The Kier molecular flexibility index (Phi) is 5.89. The van der Waals surface area contributed by atoms with Crippen molar-refractivity contribution >= 4 is 17.5 Å². The SMILES string of the molecule is COc1ccc(CCC(=O)NCC(=O)N2CCCc3ccccc32)cc1. The van der Waals surface area contributed by atoms with Gasteiger partial charge in [-0.15, -0.1) is 0 Å². The number of nitrogens with zero attached hydrogens (tertiary/aromatic N) is 1. The Hall–Kier alpha value is -2.82. The Morgan fingerprint density at radius 3 is 2.65 bits per heavy atom. The summed E-state index contributed by atoms with van der Waals surface area (Å²) in [4.78, 5) is 26.4. The van der Waals surface area contributed by atoms with Crippen LogP contribution in [0.1, 0.15) is 24.0 Å². The maximum Gasteiger partial charge on any atom is 0.246 e. The number of carbonyl (C=O) groups excluding carboxylic acids is 2. The highest BCUT2D eigenvalue weighted by Crippen LogP contribution is 2.26. The van der Waals surface area contributed by atoms with Crippen LogP contribution in [0.25, 0.3) is 0 Å². The molecule has 1 heterocycles. The van der Waals surface area contributed by atoms with E-state index in [0.29, 0.717) is 19.4 Å². The fourth-order valence-electron chi connectivity index (χ4n) is 3.20. The van der Waals surface area contributed by atoms with Crippen molar-refractivity contribution in [1.82, 2.24) is 5.32 Å². The second-order valence-electron chi connectivity index (χ2n) is 6.40. The first-order chi connectivity index (χ1) is 12.7. The lowest BCUT2D eigenvalue weighted by Crippen LogP contribution is -2.42. The summed E-state index contributed by atoms with van der Waals surface area (Å²) in [5.41, 5.74) is 3.23. The molecule has 1 aliphatic heterocycles. The largest absolute Gasteiger partial charge is 0.497 e. The molecule has 0 saturated carbocycles. The maximum absolute atomic E-state index is 12.5. The molecule has 0 atom stereocenters. The number of hydrogen-bond acceptors (Lipinski definition) is 3. The van der Waals surface area contributed by atoms with Crippen LogP contribution in [0.3, 0.4) is 0 Å². The van der Waals surface area contributed by atoms with Crippen LogP contribution in [0.4, 0.5) is 5.69 Å². The molecule has 3 rings (SSSR count). The third kappa shape index (κ3) is 4.42. The van der Waals surface area contributed by atoms with Gasteiger partial charge in [0.1, 0.15) is 5.75 Å². The van der Waals surface area contributed by atoms with E-state index in [1.807, 2.05) is 42.5 Å². The van der Waals surface area contributed by atoms with Crippen molar-refractivity contribution in [2.75, 3.05) is 25.1 Å². The molecule has 0 spiro atoms. The van der Waals surface area contributed by atoms with Crippen LogP contribution in [-0.2, 0) is 22.4 Å². The van der Waals surface area contributed by atoms with E-state index in [9.17, 15) is 9.59 Å². The van der Waals surface area contributed by atoms with Crippen LogP contribution in [-0.4, -0.2) is 32.0 Å². The van der Waals surface area contributed by atoms with Crippen molar-refractivity contribution < 1.29 is 14.3 Å². The molecule has 0 unspecified atom stereocenters. The summed E-state index contributed by atoms with van der Waals surface area (Å²) in [6.45, 7) is 0.743. The number of rotatable bonds is 6. The quantitative estimate of drug-likeness (QED) is 0.870. The molecule has 5 nitrogen and oxygen atoms in total. The van der Waals surface area contributed by atoms with Gasteiger partial charge in [-0.1, -0.05) is 30.3 Å². The minimum atomic E-state index is -0.112. The highest BCUT2D eigenvalue weighted by atomic mass is 16.5. The predicted molar refractivity (Wildman–Crippen MR) is 101 cm³/mol. The molecule has 0 aromatic heterocycles. The summed E-state index contributed by atoms with van der Waals surface area (Å²) in [5.74, 6) is 0.625. The first-order valence-corrected chi connectivity index (χ1v) is 8.95. The lowest BCUT2D eigenvalue weighted by Gasteiger charge is -2.29. The average Bonchev–Trinajstić information content (AvgIpc) is 2.70. The zero-order chi connectivity index (χ0) is 18.4. The summed E-state index contributed by atoms with van der Waals surface area (Å²) < 4.78 is 5.12. The molecule has 2 amide bonds. The number of methoxy groups -OCH3 is 1. The van der Waals surface area contributed by atoms with Gasteiger partial charge in [-0.3, -0.25) is 9.59 Å². The Morgan fingerprint density at radius 2 is 1.88 bits per heavy atom. The Morgan fingerprint density at radius 1 is 1.12 bits per heavy atom. The lowest BCUT2D eigenvalue weighted by atomic mass is 10.0. The van der Waals surface area contributed by atoms with Crippen molar-refractivity contribution in [2.45, 2.75) is 25.7 Å². The van der Waals surface area contributed by atoms with Crippen LogP contribution in [0, 0.1) is 0 Å². The Balaban J connectivity index is 1.48. The zero-order valence-corrected chi connectivity index (χ0v) is 15.0. The molecule has 2 aromatic rings. The maximum atomic E-state index is 12.5. The molecule has 0 aliphatic carbocycles. The number of carbonyl (C=O) groups is 2. The minimum Gasteiger partial charge on any atom is -0.497 e. The number of nitrogens with one attached hydrogen (secondary N) is 1. The number of ether oxygens (including phenoxy) is 1. The van der Waals surface area contributed by atoms with Gasteiger partial charge in [-0.25, -0.2) is 0 Å². The van der Waals surface area contributed by atoms with Crippen LogP contribution in [0.15, 0.2) is 48.5 Å². The molecule has 2 aromatic carbocycles. The Bertz CT molecular complexity index is 771. The van der Waals surface area contributed by atoms with E-state index < -0.39 is 0 Å². The van der Waals surface area contributed by atoms with Crippen LogP contribution in [0.5, 0.6) is 5.75 Å². The predicted octanol–water partition coefficient (Wildman–Crippen LogP) is 2.72. The number of aryl methyl sites for hydroxylation is 2. The van der Waals surface area contributed by atoms with Crippen LogP contribution < -0.4 is 15.0 Å². The molecule has 0 radical (unpaired) electrons. The summed E-state index contributed by atoms with van der Waals surface area (Å²) in [7, 11) is 1.63. The summed E-state index contributed by atoms with van der Waals surface area (Å²) in [6, 6.07) is 15.6. The number of anilines is 1. The minimum absolute atomic E-state index is 0.0375. The fourth-order valence-corrected chi connectivity index (χ4v) is 3.20. The first-order valence-electron chi connectivity index (χ1n) is 8.95. The topological polar surface area (TPSA) is 58.6 Å². The molecule has 0 bridgehead atoms. The standard InChI is InChI=1S/C21H24N2O3/c1-26-18-11-8-16(9-12-18)10-13-20(24)22-15-21(25)23-14-4-6-17-5-2-3-7-19(17)23/h2-3,5,7-9,11-12H,4,6,10,13-15H2,1H3,(H,22,24). The fraction of sp³-hybridized carbons (Fsp3) is 0.333. The number of para-hydroxylation sites is 1. The molecule has 5 heteroatoms. The van der Waals surface area contributed by atoms with E-state index in [4.69, 9.17) is 4.74 Å². The van der Waals surface area contributed by atoms with Gasteiger partial charge in [-0.05, 0) is 48.6 Å². The van der Waals surface area contributed by atoms with E-state index in [1.54, 1.807) is 12.0 Å². The van der Waals surface area contributed by atoms with E-state index in [-0.39, 0.29) is 18.4 Å². The molecule has 1 aliphatic rings. The van der Waals surface area contributed by atoms with E-state index in [2.05, 4.69) is 11.4 Å². The molecule has 136 valence electrons. The molecule has 26 heavy (non-hydrogen) atoms. The van der Waals surface area contributed by atoms with Crippen LogP contribution in [0.2, 0.25) is 0 Å². The van der Waals surface area contributed by atoms with E-state index in [0.717, 1.165) is 29.8 Å². The summed E-state index contributed by atoms with van der Waals surface area (Å²) in [5, 5.41) is 2.75. The van der Waals surface area contributed by atoms with E-state index >= 15 is 0 Å². The van der Waals surface area contributed by atoms with Gasteiger partial charge in [0.05, 0.1) is 13.7 Å². The van der Waals surface area contributed by atoms with Gasteiger partial charge < -0.3 is 15.0 Å². The molecule has 0 fully saturated rings. The third-order valence-electron chi connectivity index (χ3n) is 4.65. The van der Waals surface area contributed by atoms with Gasteiger partial charge in [0.2, 0.25) is 11.8 Å². The van der Waals surface area contributed by atoms with Gasteiger partial charge in [0.15, 0.2) is 0 Å². The van der Waals surface area contributed by atoms with Crippen molar-refractivity contribution in [3.05, 3.63) is 59.7 Å². The van der Waals surface area contributed by atoms with E-state index in [1.165, 1.54) is 5.56 Å². The first kappa shape index (κ1) is 18.0. The van der Waals surface area contributed by atoms with Crippen molar-refractivity contribution in [2.24, 2.45) is 0 Å². The highest BCUT2D eigenvalue weighted by Gasteiger charge is 2.22. The normalized spacial score (nSPS) is 13.0. The van der Waals surface area contributed by atoms with Crippen molar-refractivity contribution in [3.63, 3.8) is 0 Å². The molecular formula is C21H24N2O3. The zero-order valence-electron chi connectivity index (χ0n) is 15.0. The van der Waals surface area contributed by atoms with Crippen molar-refractivity contribution in [3.8, 4) is 5.75 Å². The van der Waals surface area contributed by atoms with Crippen LogP contribution >= 0.6 is 0 Å². The Labute approximate surface area is 154 Å². The molecule has 1 N–H and O–H groups in total. The summed E-state index contributed by atoms with van der Waals surface area (Å²) >= 11 is 0. The number of amides is 2. The molecular weight excluding hydrogens is 328 g/mol. The second kappa shape index (κ2) is 8.52. The smallest absolute Gasteiger partial charge is 0.246 e. The number of benzene rings is 2. The molecule has 0 saturated heterocycles. The van der Waals surface area contributed by atoms with Gasteiger partial charge in [0, 0.05) is 18.7 Å². The number of fused-ring (bicyclic) bond motifs is 1. The number of hydrogen-bond donors (Lipinski definition) is 1. The summed E-state index contributed by atoms with van der Waals surface area (Å²) in [6.07, 6.45) is 2.94.